The smallest absolute Gasteiger partial charge is 0.274 e. The zero-order valence-electron chi connectivity index (χ0n) is 15.5. The first kappa shape index (κ1) is 17.3. The van der Waals surface area contributed by atoms with Gasteiger partial charge in [-0.3, -0.25) is 14.9 Å². The summed E-state index contributed by atoms with van der Waals surface area (Å²) in [5.74, 6) is 1.08. The topological polar surface area (TPSA) is 71.1 Å². The van der Waals surface area contributed by atoms with Crippen molar-refractivity contribution in [2.24, 2.45) is 0 Å². The molecule has 1 atom stereocenters. The third-order valence-corrected chi connectivity index (χ3v) is 7.42. The Morgan fingerprint density at radius 3 is 3.15 bits per heavy atom. The van der Waals surface area contributed by atoms with E-state index in [0.29, 0.717) is 12.3 Å². The van der Waals surface area contributed by atoms with Gasteiger partial charge < -0.3 is 9.64 Å². The van der Waals surface area contributed by atoms with E-state index in [4.69, 9.17) is 4.74 Å². The van der Waals surface area contributed by atoms with Crippen LogP contribution in [0.15, 0.2) is 18.2 Å². The molecule has 27 heavy (non-hydrogen) atoms. The van der Waals surface area contributed by atoms with Crippen molar-refractivity contribution in [1.82, 2.24) is 20.1 Å². The fraction of sp³-hybridized carbons (Fsp3) is 0.550. The lowest BCUT2D eigenvalue weighted by Gasteiger charge is -2.47. The number of rotatable bonds is 4. The first-order valence-corrected chi connectivity index (χ1v) is 10.6. The SMILES string of the molecule is Cc1cccc(CO[C@H]2CSC3(C2)CN(C(=O)c2n[nH]c4c2CCC4)C3)n1. The number of carbonyl (C=O) groups is 1. The summed E-state index contributed by atoms with van der Waals surface area (Å²) >= 11 is 1.95. The number of H-pyrrole nitrogens is 1. The molecule has 142 valence electrons. The van der Waals surface area contributed by atoms with Crippen LogP contribution in [0.3, 0.4) is 0 Å². The number of hydrogen-bond donors (Lipinski definition) is 1. The molecule has 1 spiro atoms. The quantitative estimate of drug-likeness (QED) is 0.877. The maximum atomic E-state index is 12.8. The van der Waals surface area contributed by atoms with Gasteiger partial charge in [-0.1, -0.05) is 6.07 Å². The number of likely N-dealkylation sites (tertiary alicyclic amines) is 1. The second-order valence-electron chi connectivity index (χ2n) is 7.95. The molecule has 6 nitrogen and oxygen atoms in total. The monoisotopic (exact) mass is 384 g/mol. The molecule has 4 heterocycles. The maximum absolute atomic E-state index is 12.8. The molecular formula is C20H24N4O2S. The molecule has 2 aromatic heterocycles. The van der Waals surface area contributed by atoms with Gasteiger partial charge in [0, 0.05) is 35.8 Å². The Kier molecular flexibility index (Phi) is 4.24. The van der Waals surface area contributed by atoms with Crippen LogP contribution in [0.5, 0.6) is 0 Å². The molecule has 1 aliphatic carbocycles. The van der Waals surface area contributed by atoms with Crippen LogP contribution in [-0.4, -0.2) is 55.7 Å². The van der Waals surface area contributed by atoms with Crippen LogP contribution < -0.4 is 0 Å². The highest BCUT2D eigenvalue weighted by molar-refractivity contribution is 8.01. The van der Waals surface area contributed by atoms with Gasteiger partial charge in [0.1, 0.15) is 0 Å². The molecule has 0 radical (unpaired) electrons. The van der Waals surface area contributed by atoms with Gasteiger partial charge in [-0.05, 0) is 44.7 Å². The van der Waals surface area contributed by atoms with Crippen molar-refractivity contribution in [2.45, 2.75) is 50.1 Å². The van der Waals surface area contributed by atoms with Crippen LogP contribution in [0, 0.1) is 6.92 Å². The summed E-state index contributed by atoms with van der Waals surface area (Å²) in [6.45, 7) is 4.17. The first-order valence-electron chi connectivity index (χ1n) is 9.65. The lowest BCUT2D eigenvalue weighted by molar-refractivity contribution is 0.0242. The van der Waals surface area contributed by atoms with Crippen molar-refractivity contribution in [2.75, 3.05) is 18.8 Å². The summed E-state index contributed by atoms with van der Waals surface area (Å²) in [4.78, 5) is 19.3. The molecule has 2 aliphatic heterocycles. The standard InChI is InChI=1S/C20H24N4O2S/c1-13-4-2-5-14(21-13)9-26-15-8-20(27-10-15)11-24(12-20)19(25)18-16-6-3-7-17(16)22-23-18/h2,4-5,15H,3,6-12H2,1H3,(H,22,23)/t15-/m1/s1. The summed E-state index contributed by atoms with van der Waals surface area (Å²) in [5, 5.41) is 7.33. The number of nitrogens with zero attached hydrogens (tertiary/aromatic N) is 3. The van der Waals surface area contributed by atoms with Crippen LogP contribution in [0.4, 0.5) is 0 Å². The van der Waals surface area contributed by atoms with E-state index in [1.165, 1.54) is 0 Å². The Morgan fingerprint density at radius 2 is 2.30 bits per heavy atom. The minimum absolute atomic E-state index is 0.0916. The summed E-state index contributed by atoms with van der Waals surface area (Å²) in [7, 11) is 0. The van der Waals surface area contributed by atoms with E-state index >= 15 is 0 Å². The number of aryl methyl sites for hydroxylation is 2. The highest BCUT2D eigenvalue weighted by Crippen LogP contribution is 2.46. The fourth-order valence-electron chi connectivity index (χ4n) is 4.45. The molecule has 2 aromatic rings. The van der Waals surface area contributed by atoms with E-state index in [2.05, 4.69) is 15.2 Å². The van der Waals surface area contributed by atoms with Gasteiger partial charge in [0.25, 0.3) is 5.91 Å². The van der Waals surface area contributed by atoms with Crippen molar-refractivity contribution >= 4 is 17.7 Å². The van der Waals surface area contributed by atoms with Crippen LogP contribution in [-0.2, 0) is 24.2 Å². The van der Waals surface area contributed by atoms with Crippen molar-refractivity contribution < 1.29 is 9.53 Å². The Hall–Kier alpha value is -1.86. The average Bonchev–Trinajstić information content (AvgIpc) is 3.33. The zero-order valence-corrected chi connectivity index (χ0v) is 16.3. The summed E-state index contributed by atoms with van der Waals surface area (Å²) in [6.07, 6.45) is 4.36. The lowest BCUT2D eigenvalue weighted by Crippen LogP contribution is -2.60. The van der Waals surface area contributed by atoms with E-state index in [0.717, 1.165) is 67.2 Å². The molecule has 0 unspecified atom stereocenters. The number of hydrogen-bond acceptors (Lipinski definition) is 5. The van der Waals surface area contributed by atoms with Crippen LogP contribution >= 0.6 is 11.8 Å². The normalized spacial score (nSPS) is 22.9. The van der Waals surface area contributed by atoms with E-state index in [1.54, 1.807) is 0 Å². The number of aromatic amines is 1. The van der Waals surface area contributed by atoms with Crippen molar-refractivity contribution in [3.05, 3.63) is 46.5 Å². The van der Waals surface area contributed by atoms with Gasteiger partial charge in [-0.25, -0.2) is 0 Å². The van der Waals surface area contributed by atoms with Gasteiger partial charge in [-0.15, -0.1) is 11.8 Å². The molecule has 0 saturated carbocycles. The highest BCUT2D eigenvalue weighted by Gasteiger charge is 2.51. The number of carbonyl (C=O) groups excluding carboxylic acids is 1. The van der Waals surface area contributed by atoms with Gasteiger partial charge in [-0.2, -0.15) is 5.10 Å². The Morgan fingerprint density at radius 1 is 1.41 bits per heavy atom. The van der Waals surface area contributed by atoms with Crippen LogP contribution in [0.25, 0.3) is 0 Å². The molecule has 0 aromatic carbocycles. The lowest BCUT2D eigenvalue weighted by atomic mass is 9.92. The largest absolute Gasteiger partial charge is 0.371 e. The van der Waals surface area contributed by atoms with E-state index in [1.807, 2.05) is 41.8 Å². The van der Waals surface area contributed by atoms with E-state index in [9.17, 15) is 4.79 Å². The fourth-order valence-corrected chi connectivity index (χ4v) is 6.00. The summed E-state index contributed by atoms with van der Waals surface area (Å²) in [6, 6.07) is 6.03. The first-order chi connectivity index (χ1) is 13.1. The summed E-state index contributed by atoms with van der Waals surface area (Å²) < 4.78 is 6.27. The number of nitrogens with one attached hydrogen (secondary N) is 1. The number of fused-ring (bicyclic) bond motifs is 1. The Bertz CT molecular complexity index is 875. The molecular weight excluding hydrogens is 360 g/mol. The molecule has 5 rings (SSSR count). The second kappa shape index (κ2) is 6.63. The average molecular weight is 385 g/mol. The molecule has 0 bridgehead atoms. The predicted molar refractivity (Wildman–Crippen MR) is 104 cm³/mol. The number of ether oxygens (including phenoxy) is 1. The van der Waals surface area contributed by atoms with Crippen LogP contribution in [0.1, 0.15) is 46.0 Å². The van der Waals surface area contributed by atoms with Gasteiger partial charge in [0.15, 0.2) is 5.69 Å². The number of amides is 1. The van der Waals surface area contributed by atoms with Crippen molar-refractivity contribution in [3.8, 4) is 0 Å². The van der Waals surface area contributed by atoms with Crippen molar-refractivity contribution in [3.63, 3.8) is 0 Å². The van der Waals surface area contributed by atoms with Gasteiger partial charge in [0.2, 0.25) is 0 Å². The van der Waals surface area contributed by atoms with E-state index < -0.39 is 0 Å². The minimum Gasteiger partial charge on any atom is -0.371 e. The molecule has 3 aliphatic rings. The Balaban J connectivity index is 1.15. The number of pyridine rings is 1. The number of aromatic nitrogens is 3. The third kappa shape index (κ3) is 3.17. The van der Waals surface area contributed by atoms with Gasteiger partial charge >= 0.3 is 0 Å². The molecule has 1 N–H and O–H groups in total. The van der Waals surface area contributed by atoms with Crippen molar-refractivity contribution in [1.29, 1.82) is 0 Å². The van der Waals surface area contributed by atoms with E-state index in [-0.39, 0.29) is 16.8 Å². The van der Waals surface area contributed by atoms with Gasteiger partial charge in [0.05, 0.1) is 23.2 Å². The third-order valence-electron chi connectivity index (χ3n) is 5.84. The molecule has 2 saturated heterocycles. The molecule has 1 amide bonds. The molecule has 7 heteroatoms. The zero-order chi connectivity index (χ0) is 18.4. The minimum atomic E-state index is 0.0916. The highest BCUT2D eigenvalue weighted by atomic mass is 32.2. The summed E-state index contributed by atoms with van der Waals surface area (Å²) in [5.41, 5.74) is 4.96. The van der Waals surface area contributed by atoms with Crippen LogP contribution in [0.2, 0.25) is 0 Å². The Labute approximate surface area is 163 Å². The maximum Gasteiger partial charge on any atom is 0.274 e. The second-order valence-corrected chi connectivity index (χ2v) is 9.43. The predicted octanol–water partition coefficient (Wildman–Crippen LogP) is 2.52. The molecule has 2 fully saturated rings. The number of thioether (sulfide) groups is 1.